The molecule has 0 unspecified atom stereocenters. The topological polar surface area (TPSA) is 82.5 Å². The van der Waals surface area contributed by atoms with E-state index in [2.05, 4.69) is 32.5 Å². The monoisotopic (exact) mass is 560 g/mol. The summed E-state index contributed by atoms with van der Waals surface area (Å²) < 4.78 is 15.7. The van der Waals surface area contributed by atoms with Crippen LogP contribution in [-0.2, 0) is 6.54 Å². The van der Waals surface area contributed by atoms with Gasteiger partial charge in [-0.15, -0.1) is 0 Å². The summed E-state index contributed by atoms with van der Waals surface area (Å²) in [5.41, 5.74) is 3.60. The molecular weight excluding hydrogens is 531 g/mol. The number of nitrogens with one attached hydrogen (secondary N) is 2. The number of nitrogens with zero attached hydrogens (tertiary/aromatic N) is 4. The van der Waals surface area contributed by atoms with Crippen molar-refractivity contribution in [2.75, 3.05) is 48.8 Å². The maximum Gasteiger partial charge on any atom is 0.255 e. The summed E-state index contributed by atoms with van der Waals surface area (Å²) in [5.74, 6) is -0.440. The molecule has 4 aromatic rings. The fourth-order valence-electron chi connectivity index (χ4n) is 4.65. The number of hydrogen-bond acceptors (Lipinski definition) is 5. The van der Waals surface area contributed by atoms with Gasteiger partial charge in [-0.05, 0) is 68.1 Å². The number of rotatable bonds is 7. The van der Waals surface area contributed by atoms with Crippen LogP contribution < -0.4 is 15.5 Å². The molecule has 0 bridgehead atoms. The molecule has 0 atom stereocenters. The molecule has 0 radical (unpaired) electrons. The van der Waals surface area contributed by atoms with E-state index in [0.29, 0.717) is 23.5 Å². The number of halogens is 2. The number of anilines is 3. The van der Waals surface area contributed by atoms with Crippen molar-refractivity contribution in [3.8, 4) is 0 Å². The molecule has 10 heteroatoms. The molecule has 1 saturated heterocycles. The molecule has 8 nitrogen and oxygen atoms in total. The third kappa shape index (κ3) is 6.32. The Morgan fingerprint density at radius 3 is 2.40 bits per heavy atom. The summed E-state index contributed by atoms with van der Waals surface area (Å²) >= 11 is 5.90. The van der Waals surface area contributed by atoms with Crippen LogP contribution in [0.1, 0.15) is 32.1 Å². The van der Waals surface area contributed by atoms with Gasteiger partial charge in [-0.2, -0.15) is 0 Å². The number of aryl methyl sites for hydroxylation is 1. The third-order valence-electron chi connectivity index (χ3n) is 6.99. The summed E-state index contributed by atoms with van der Waals surface area (Å²) in [6.07, 6.45) is 3.67. The van der Waals surface area contributed by atoms with Crippen LogP contribution in [0.15, 0.2) is 73.1 Å². The molecule has 0 aliphatic carbocycles. The highest BCUT2D eigenvalue weighted by Gasteiger charge is 2.21. The zero-order valence-corrected chi connectivity index (χ0v) is 23.1. The van der Waals surface area contributed by atoms with Gasteiger partial charge in [0.15, 0.2) is 0 Å². The lowest BCUT2D eigenvalue weighted by molar-refractivity contribution is 0.101. The highest BCUT2D eigenvalue weighted by Crippen LogP contribution is 2.30. The second kappa shape index (κ2) is 11.9. The van der Waals surface area contributed by atoms with Gasteiger partial charge in [0.1, 0.15) is 11.6 Å². The van der Waals surface area contributed by atoms with Crippen LogP contribution in [0, 0.1) is 12.7 Å². The average molecular weight is 561 g/mol. The molecule has 1 aromatic heterocycles. The van der Waals surface area contributed by atoms with Crippen LogP contribution in [0.5, 0.6) is 0 Å². The fraction of sp³-hybridized carbons (Fsp3) is 0.233. The first kappa shape index (κ1) is 27.4. The van der Waals surface area contributed by atoms with Crippen LogP contribution in [0.3, 0.4) is 0 Å². The lowest BCUT2D eigenvalue weighted by atomic mass is 10.1. The first-order valence-corrected chi connectivity index (χ1v) is 13.4. The predicted octanol–water partition coefficient (Wildman–Crippen LogP) is 5.29. The van der Waals surface area contributed by atoms with Crippen LogP contribution >= 0.6 is 11.6 Å². The molecule has 40 heavy (non-hydrogen) atoms. The van der Waals surface area contributed by atoms with Gasteiger partial charge in [-0.25, -0.2) is 9.37 Å². The Morgan fingerprint density at radius 2 is 1.68 bits per heavy atom. The zero-order valence-electron chi connectivity index (χ0n) is 22.3. The van der Waals surface area contributed by atoms with E-state index in [1.807, 2.05) is 48.0 Å². The molecule has 2 heterocycles. The molecule has 0 saturated carbocycles. The molecule has 2 amide bonds. The number of carbonyl (C=O) groups is 2. The van der Waals surface area contributed by atoms with Gasteiger partial charge < -0.3 is 25.0 Å². The number of hydrogen-bond donors (Lipinski definition) is 2. The summed E-state index contributed by atoms with van der Waals surface area (Å²) in [4.78, 5) is 35.1. The van der Waals surface area contributed by atoms with Crippen LogP contribution in [0.4, 0.5) is 21.5 Å². The Bertz CT molecular complexity index is 1550. The minimum absolute atomic E-state index is 0.134. The first-order valence-electron chi connectivity index (χ1n) is 13.0. The average Bonchev–Trinajstić information content (AvgIpc) is 3.34. The van der Waals surface area contributed by atoms with Crippen molar-refractivity contribution in [3.63, 3.8) is 0 Å². The quantitative estimate of drug-likeness (QED) is 0.321. The third-order valence-corrected chi connectivity index (χ3v) is 7.28. The van der Waals surface area contributed by atoms with E-state index in [-0.39, 0.29) is 16.5 Å². The van der Waals surface area contributed by atoms with E-state index < -0.39 is 11.7 Å². The second-order valence-electron chi connectivity index (χ2n) is 9.86. The van der Waals surface area contributed by atoms with Gasteiger partial charge in [-0.3, -0.25) is 9.59 Å². The normalized spacial score (nSPS) is 13.8. The lowest BCUT2D eigenvalue weighted by Crippen LogP contribution is -2.44. The van der Waals surface area contributed by atoms with Crippen molar-refractivity contribution in [2.24, 2.45) is 0 Å². The smallest absolute Gasteiger partial charge is 0.255 e. The van der Waals surface area contributed by atoms with E-state index in [0.717, 1.165) is 49.3 Å². The van der Waals surface area contributed by atoms with Gasteiger partial charge in [0.2, 0.25) is 0 Å². The van der Waals surface area contributed by atoms with Gasteiger partial charge in [0.25, 0.3) is 11.8 Å². The molecule has 3 aromatic carbocycles. The maximum absolute atomic E-state index is 13.7. The Kier molecular flexibility index (Phi) is 8.14. The summed E-state index contributed by atoms with van der Waals surface area (Å²) in [6, 6.07) is 16.8. The van der Waals surface area contributed by atoms with Gasteiger partial charge in [0.05, 0.1) is 16.4 Å². The van der Waals surface area contributed by atoms with Crippen LogP contribution in [0.2, 0.25) is 5.02 Å². The molecule has 2 N–H and O–H groups in total. The fourth-order valence-corrected chi connectivity index (χ4v) is 4.83. The molecule has 1 aliphatic rings. The van der Waals surface area contributed by atoms with Crippen LogP contribution in [-0.4, -0.2) is 59.5 Å². The SMILES string of the molecule is Cc1nccn1Cc1cccc(NC(=O)c2ccc(N3CCN(C)CC3)c(NC(=O)c3ccc(F)c(Cl)c3)c2)c1. The highest BCUT2D eigenvalue weighted by atomic mass is 35.5. The van der Waals surface area contributed by atoms with E-state index in [4.69, 9.17) is 11.6 Å². The van der Waals surface area contributed by atoms with E-state index in [1.165, 1.54) is 12.1 Å². The number of amides is 2. The van der Waals surface area contributed by atoms with Gasteiger partial charge >= 0.3 is 0 Å². The molecular formula is C30H30ClFN6O2. The number of likely N-dealkylation sites (N-methyl/N-ethyl adjacent to an activating group) is 1. The highest BCUT2D eigenvalue weighted by molar-refractivity contribution is 6.31. The Morgan fingerprint density at radius 1 is 0.950 bits per heavy atom. The second-order valence-corrected chi connectivity index (χ2v) is 10.3. The Balaban J connectivity index is 1.38. The Labute approximate surface area is 237 Å². The molecule has 1 fully saturated rings. The van der Waals surface area contributed by atoms with Crippen molar-refractivity contribution >= 4 is 40.5 Å². The minimum Gasteiger partial charge on any atom is -0.367 e. The zero-order chi connectivity index (χ0) is 28.2. The number of imidazole rings is 1. The van der Waals surface area contributed by atoms with Crippen LogP contribution in [0.25, 0.3) is 0 Å². The van der Waals surface area contributed by atoms with Gasteiger partial charge in [-0.1, -0.05) is 23.7 Å². The predicted molar refractivity (Wildman–Crippen MR) is 156 cm³/mol. The number of benzene rings is 3. The largest absolute Gasteiger partial charge is 0.367 e. The number of piperazine rings is 1. The Hall–Kier alpha value is -4.21. The maximum atomic E-state index is 13.7. The molecule has 206 valence electrons. The summed E-state index contributed by atoms with van der Waals surface area (Å²) in [7, 11) is 2.07. The minimum atomic E-state index is -0.598. The van der Waals surface area contributed by atoms with E-state index in [1.54, 1.807) is 18.3 Å². The summed E-state index contributed by atoms with van der Waals surface area (Å²) in [6.45, 7) is 5.88. The summed E-state index contributed by atoms with van der Waals surface area (Å²) in [5, 5.41) is 5.75. The van der Waals surface area contributed by atoms with E-state index in [9.17, 15) is 14.0 Å². The molecule has 1 aliphatic heterocycles. The van der Waals surface area contributed by atoms with E-state index >= 15 is 0 Å². The lowest BCUT2D eigenvalue weighted by Gasteiger charge is -2.35. The molecule has 0 spiro atoms. The number of aromatic nitrogens is 2. The van der Waals surface area contributed by atoms with Crippen molar-refractivity contribution in [1.29, 1.82) is 0 Å². The molecule has 5 rings (SSSR count). The van der Waals surface area contributed by atoms with Gasteiger partial charge in [0, 0.05) is 61.9 Å². The van der Waals surface area contributed by atoms with Crippen molar-refractivity contribution in [3.05, 3.63) is 106 Å². The first-order chi connectivity index (χ1) is 19.3. The van der Waals surface area contributed by atoms with Crippen molar-refractivity contribution in [1.82, 2.24) is 14.5 Å². The van der Waals surface area contributed by atoms with Crippen molar-refractivity contribution in [2.45, 2.75) is 13.5 Å². The van der Waals surface area contributed by atoms with Crippen molar-refractivity contribution < 1.29 is 14.0 Å². The standard InChI is InChI=1S/C30H30ClFN6O2/c1-20-33-10-11-38(20)19-21-4-3-5-24(16-21)34-29(39)23-7-9-28(37-14-12-36(2)13-15-37)27(18-23)35-30(40)22-6-8-26(32)25(31)17-22/h3-11,16-18H,12-15,19H2,1-2H3,(H,34,39)(H,35,40). The number of carbonyl (C=O) groups excluding carboxylic acids is 2.